The Morgan fingerprint density at radius 1 is 0.921 bits per heavy atom. The number of aliphatic hydroxyl groups is 1. The summed E-state index contributed by atoms with van der Waals surface area (Å²) in [7, 11) is 6.83. The van der Waals surface area contributed by atoms with E-state index in [-0.39, 0.29) is 17.9 Å². The number of likely N-dealkylation sites (tertiary alicyclic amines) is 1. The van der Waals surface area contributed by atoms with Crippen molar-refractivity contribution in [1.82, 2.24) is 9.80 Å². The zero-order valence-corrected chi connectivity index (χ0v) is 22.0. The van der Waals surface area contributed by atoms with Gasteiger partial charge in [0.15, 0.2) is 0 Å². The lowest BCUT2D eigenvalue weighted by atomic mass is 9.94. The van der Waals surface area contributed by atoms with Crippen molar-refractivity contribution in [3.05, 3.63) is 95.1 Å². The Hall–Kier alpha value is -4.30. The van der Waals surface area contributed by atoms with Crippen molar-refractivity contribution in [3.63, 3.8) is 0 Å². The number of benzene rings is 3. The van der Waals surface area contributed by atoms with Gasteiger partial charge in [0.05, 0.1) is 25.8 Å². The molecule has 1 aliphatic rings. The van der Waals surface area contributed by atoms with E-state index in [1.807, 2.05) is 49.3 Å². The van der Waals surface area contributed by atoms with Crippen LogP contribution in [0.4, 0.5) is 0 Å². The fourth-order valence-electron chi connectivity index (χ4n) is 4.40. The molecule has 0 spiro atoms. The van der Waals surface area contributed by atoms with E-state index in [0.717, 1.165) is 5.56 Å². The molecule has 38 heavy (non-hydrogen) atoms. The number of amides is 1. The van der Waals surface area contributed by atoms with Gasteiger partial charge in [0.2, 0.25) is 0 Å². The quantitative estimate of drug-likeness (QED) is 0.245. The summed E-state index contributed by atoms with van der Waals surface area (Å²) >= 11 is 0. The molecular formula is C30H32N2O6. The van der Waals surface area contributed by atoms with Gasteiger partial charge in [0, 0.05) is 24.2 Å². The van der Waals surface area contributed by atoms with Crippen LogP contribution in [0, 0.1) is 0 Å². The van der Waals surface area contributed by atoms with Gasteiger partial charge in [0.25, 0.3) is 11.7 Å². The number of hydrogen-bond acceptors (Lipinski definition) is 7. The van der Waals surface area contributed by atoms with E-state index in [1.54, 1.807) is 42.5 Å². The fraction of sp³-hybridized carbons (Fsp3) is 0.267. The first-order valence-corrected chi connectivity index (χ1v) is 12.3. The van der Waals surface area contributed by atoms with Crippen LogP contribution in [-0.2, 0) is 16.2 Å². The van der Waals surface area contributed by atoms with Crippen LogP contribution in [0.15, 0.2) is 78.4 Å². The van der Waals surface area contributed by atoms with Gasteiger partial charge < -0.3 is 29.1 Å². The first kappa shape index (κ1) is 26.8. The third-order valence-corrected chi connectivity index (χ3v) is 6.44. The van der Waals surface area contributed by atoms with Gasteiger partial charge in [-0.3, -0.25) is 9.59 Å². The van der Waals surface area contributed by atoms with Gasteiger partial charge in [0.1, 0.15) is 29.6 Å². The topological polar surface area (TPSA) is 88.5 Å². The molecule has 198 valence electrons. The van der Waals surface area contributed by atoms with Gasteiger partial charge >= 0.3 is 0 Å². The number of Topliss-reactive ketones (excluding diaryl/α,β-unsaturated/α-hetero) is 1. The van der Waals surface area contributed by atoms with Crippen molar-refractivity contribution < 1.29 is 28.9 Å². The third-order valence-electron chi connectivity index (χ3n) is 6.44. The zero-order valence-electron chi connectivity index (χ0n) is 22.0. The van der Waals surface area contributed by atoms with Crippen molar-refractivity contribution in [2.75, 3.05) is 41.4 Å². The summed E-state index contributed by atoms with van der Waals surface area (Å²) in [6.45, 7) is 1.22. The van der Waals surface area contributed by atoms with Gasteiger partial charge in [-0.15, -0.1) is 0 Å². The maximum absolute atomic E-state index is 13.3. The number of methoxy groups -OCH3 is 2. The van der Waals surface area contributed by atoms with Crippen molar-refractivity contribution >= 4 is 17.4 Å². The maximum Gasteiger partial charge on any atom is 0.295 e. The number of ether oxygens (including phenoxy) is 3. The molecule has 1 fully saturated rings. The summed E-state index contributed by atoms with van der Waals surface area (Å²) in [5.74, 6) is -0.0586. The van der Waals surface area contributed by atoms with Gasteiger partial charge in [-0.05, 0) is 62.1 Å². The largest absolute Gasteiger partial charge is 0.507 e. The van der Waals surface area contributed by atoms with Gasteiger partial charge in [-0.1, -0.05) is 30.3 Å². The first-order chi connectivity index (χ1) is 18.3. The lowest BCUT2D eigenvalue weighted by molar-refractivity contribution is -0.140. The average molecular weight is 517 g/mol. The molecule has 0 aromatic heterocycles. The number of carbonyl (C=O) groups excluding carboxylic acids is 2. The predicted molar refractivity (Wildman–Crippen MR) is 144 cm³/mol. The number of hydrogen-bond donors (Lipinski definition) is 1. The van der Waals surface area contributed by atoms with Crippen LogP contribution in [0.5, 0.6) is 17.2 Å². The Morgan fingerprint density at radius 2 is 1.61 bits per heavy atom. The summed E-state index contributed by atoms with van der Waals surface area (Å²) in [5, 5.41) is 11.4. The van der Waals surface area contributed by atoms with Crippen LogP contribution < -0.4 is 14.2 Å². The van der Waals surface area contributed by atoms with E-state index in [9.17, 15) is 14.7 Å². The maximum atomic E-state index is 13.3. The molecule has 1 amide bonds. The molecule has 0 saturated carbocycles. The lowest BCUT2D eigenvalue weighted by Gasteiger charge is -2.28. The predicted octanol–water partition coefficient (Wildman–Crippen LogP) is 4.27. The highest BCUT2D eigenvalue weighted by molar-refractivity contribution is 6.46. The fourth-order valence-corrected chi connectivity index (χ4v) is 4.40. The standard InChI is InChI=1S/C30H32N2O6/c1-31(2)16-17-32-27(24-18-23(36-3)14-15-25(24)37-4)26(29(34)30(32)35)28(33)21-10-12-22(13-11-21)38-19-20-8-6-5-7-9-20/h5-15,18,27,33H,16-17,19H2,1-4H3/b28-26+. The Bertz CT molecular complexity index is 1320. The second kappa shape index (κ2) is 11.8. The van der Waals surface area contributed by atoms with Crippen molar-refractivity contribution in [1.29, 1.82) is 0 Å². The second-order valence-corrected chi connectivity index (χ2v) is 9.20. The van der Waals surface area contributed by atoms with Gasteiger partial charge in [-0.25, -0.2) is 0 Å². The summed E-state index contributed by atoms with van der Waals surface area (Å²) in [6, 6.07) is 20.9. The lowest BCUT2D eigenvalue weighted by Crippen LogP contribution is -2.35. The van der Waals surface area contributed by atoms with E-state index in [2.05, 4.69) is 0 Å². The monoisotopic (exact) mass is 516 g/mol. The molecule has 1 saturated heterocycles. The summed E-state index contributed by atoms with van der Waals surface area (Å²) in [6.07, 6.45) is 0. The average Bonchev–Trinajstić information content (AvgIpc) is 3.19. The van der Waals surface area contributed by atoms with Crippen LogP contribution in [-0.4, -0.2) is 68.0 Å². The number of nitrogens with zero attached hydrogens (tertiary/aromatic N) is 2. The van der Waals surface area contributed by atoms with Crippen molar-refractivity contribution in [3.8, 4) is 17.2 Å². The van der Waals surface area contributed by atoms with Crippen molar-refractivity contribution in [2.45, 2.75) is 12.6 Å². The van der Waals surface area contributed by atoms with E-state index in [1.165, 1.54) is 19.1 Å². The molecule has 1 N–H and O–H groups in total. The molecule has 1 atom stereocenters. The van der Waals surface area contributed by atoms with Gasteiger partial charge in [-0.2, -0.15) is 0 Å². The van der Waals surface area contributed by atoms with E-state index < -0.39 is 17.7 Å². The summed E-state index contributed by atoms with van der Waals surface area (Å²) in [4.78, 5) is 29.9. The number of carbonyl (C=O) groups is 2. The molecular weight excluding hydrogens is 484 g/mol. The Balaban J connectivity index is 1.73. The Morgan fingerprint density at radius 3 is 2.24 bits per heavy atom. The smallest absolute Gasteiger partial charge is 0.295 e. The minimum Gasteiger partial charge on any atom is -0.507 e. The molecule has 0 aliphatic carbocycles. The SMILES string of the molecule is COc1ccc(OC)c(C2/C(=C(\O)c3ccc(OCc4ccccc4)cc3)C(=O)C(=O)N2CCN(C)C)c1. The van der Waals surface area contributed by atoms with Crippen LogP contribution in [0.25, 0.3) is 5.76 Å². The third kappa shape index (κ3) is 5.65. The summed E-state index contributed by atoms with van der Waals surface area (Å²) < 4.78 is 16.8. The molecule has 3 aromatic rings. The summed E-state index contributed by atoms with van der Waals surface area (Å²) in [5.41, 5.74) is 1.98. The van der Waals surface area contributed by atoms with E-state index in [4.69, 9.17) is 14.2 Å². The molecule has 1 unspecified atom stereocenters. The molecule has 0 bridgehead atoms. The van der Waals surface area contributed by atoms with Crippen LogP contribution in [0.2, 0.25) is 0 Å². The highest BCUT2D eigenvalue weighted by Crippen LogP contribution is 2.43. The number of aliphatic hydroxyl groups excluding tert-OH is 1. The molecule has 3 aromatic carbocycles. The minimum absolute atomic E-state index is 0.00161. The first-order valence-electron chi connectivity index (χ1n) is 12.3. The van der Waals surface area contributed by atoms with Crippen molar-refractivity contribution in [2.24, 2.45) is 0 Å². The second-order valence-electron chi connectivity index (χ2n) is 9.20. The normalized spacial score (nSPS) is 16.7. The number of rotatable bonds is 10. The van der Waals surface area contributed by atoms with E-state index >= 15 is 0 Å². The molecule has 8 nitrogen and oxygen atoms in total. The molecule has 4 rings (SSSR count). The van der Waals surface area contributed by atoms with Crippen LogP contribution >= 0.6 is 0 Å². The highest BCUT2D eigenvalue weighted by Gasteiger charge is 2.47. The molecule has 8 heteroatoms. The Labute approximate surface area is 222 Å². The molecule has 1 heterocycles. The highest BCUT2D eigenvalue weighted by atomic mass is 16.5. The van der Waals surface area contributed by atoms with Crippen LogP contribution in [0.3, 0.4) is 0 Å². The zero-order chi connectivity index (χ0) is 27.2. The number of ketones is 1. The Kier molecular flexibility index (Phi) is 8.33. The van der Waals surface area contributed by atoms with E-state index in [0.29, 0.717) is 41.5 Å². The minimum atomic E-state index is -0.853. The molecule has 0 radical (unpaired) electrons. The van der Waals surface area contributed by atoms with Crippen LogP contribution in [0.1, 0.15) is 22.7 Å². The molecule has 1 aliphatic heterocycles. The number of likely N-dealkylation sites (N-methyl/N-ethyl adjacent to an activating group) is 1.